The van der Waals surface area contributed by atoms with Crippen molar-refractivity contribution in [2.75, 3.05) is 0 Å². The standard InChI is InChI=1S/C11H10O2/c12-9-3-1-2-8-6-10(7-4-5-7)13-11(8)9/h1-3,6-7,12H,4-5H2. The van der Waals surface area contributed by atoms with Crippen LogP contribution >= 0.6 is 0 Å². The van der Waals surface area contributed by atoms with Crippen LogP contribution in [0.4, 0.5) is 0 Å². The molecule has 0 amide bonds. The Morgan fingerprint density at radius 1 is 1.31 bits per heavy atom. The van der Waals surface area contributed by atoms with Gasteiger partial charge in [-0.1, -0.05) is 12.1 Å². The molecule has 0 saturated heterocycles. The molecule has 0 atom stereocenters. The van der Waals surface area contributed by atoms with E-state index in [1.165, 1.54) is 12.8 Å². The first-order chi connectivity index (χ1) is 6.34. The molecule has 0 aliphatic heterocycles. The summed E-state index contributed by atoms with van der Waals surface area (Å²) in [7, 11) is 0. The molecular formula is C11H10O2. The first kappa shape index (κ1) is 7.01. The number of phenolic OH excluding ortho intramolecular Hbond substituents is 1. The minimum absolute atomic E-state index is 0.240. The average Bonchev–Trinajstić information content (AvgIpc) is 2.87. The molecule has 1 aliphatic rings. The Kier molecular flexibility index (Phi) is 1.23. The minimum Gasteiger partial charge on any atom is -0.504 e. The van der Waals surface area contributed by atoms with E-state index >= 15 is 0 Å². The van der Waals surface area contributed by atoms with E-state index in [-0.39, 0.29) is 5.75 Å². The molecule has 1 heterocycles. The number of aromatic hydroxyl groups is 1. The summed E-state index contributed by atoms with van der Waals surface area (Å²) >= 11 is 0. The van der Waals surface area contributed by atoms with Gasteiger partial charge in [-0.05, 0) is 25.0 Å². The van der Waals surface area contributed by atoms with Crippen molar-refractivity contribution in [2.45, 2.75) is 18.8 Å². The van der Waals surface area contributed by atoms with E-state index in [1.807, 2.05) is 18.2 Å². The van der Waals surface area contributed by atoms with E-state index in [0.29, 0.717) is 11.5 Å². The van der Waals surface area contributed by atoms with Gasteiger partial charge in [0, 0.05) is 11.3 Å². The summed E-state index contributed by atoms with van der Waals surface area (Å²) in [5, 5.41) is 10.5. The summed E-state index contributed by atoms with van der Waals surface area (Å²) in [4.78, 5) is 0. The Morgan fingerprint density at radius 3 is 2.85 bits per heavy atom. The monoisotopic (exact) mass is 174 g/mol. The van der Waals surface area contributed by atoms with Gasteiger partial charge in [0.1, 0.15) is 5.76 Å². The van der Waals surface area contributed by atoms with Crippen molar-refractivity contribution in [3.63, 3.8) is 0 Å². The van der Waals surface area contributed by atoms with Gasteiger partial charge >= 0.3 is 0 Å². The fourth-order valence-corrected chi connectivity index (χ4v) is 1.64. The number of rotatable bonds is 1. The minimum atomic E-state index is 0.240. The quantitative estimate of drug-likeness (QED) is 0.720. The van der Waals surface area contributed by atoms with Gasteiger partial charge in [0.05, 0.1) is 0 Å². The highest BCUT2D eigenvalue weighted by Gasteiger charge is 2.27. The van der Waals surface area contributed by atoms with Crippen LogP contribution in [0.1, 0.15) is 24.5 Å². The van der Waals surface area contributed by atoms with Crippen molar-refractivity contribution in [1.29, 1.82) is 0 Å². The highest BCUT2D eigenvalue weighted by Crippen LogP contribution is 2.43. The first-order valence-electron chi connectivity index (χ1n) is 4.56. The van der Waals surface area contributed by atoms with Crippen LogP contribution in [0.2, 0.25) is 0 Å². The molecule has 1 fully saturated rings. The Labute approximate surface area is 75.8 Å². The zero-order valence-corrected chi connectivity index (χ0v) is 7.16. The highest BCUT2D eigenvalue weighted by atomic mass is 16.4. The van der Waals surface area contributed by atoms with Crippen LogP contribution < -0.4 is 0 Å². The topological polar surface area (TPSA) is 33.4 Å². The summed E-state index contributed by atoms with van der Waals surface area (Å²) in [6.07, 6.45) is 2.45. The number of hydrogen-bond donors (Lipinski definition) is 1. The second kappa shape index (κ2) is 2.28. The molecule has 1 N–H and O–H groups in total. The second-order valence-corrected chi connectivity index (χ2v) is 3.62. The molecule has 1 saturated carbocycles. The van der Waals surface area contributed by atoms with Crippen molar-refractivity contribution < 1.29 is 9.52 Å². The zero-order chi connectivity index (χ0) is 8.84. The molecular weight excluding hydrogens is 164 g/mol. The zero-order valence-electron chi connectivity index (χ0n) is 7.16. The van der Waals surface area contributed by atoms with Crippen LogP contribution in [-0.2, 0) is 0 Å². The van der Waals surface area contributed by atoms with E-state index in [1.54, 1.807) is 6.07 Å². The predicted octanol–water partition coefficient (Wildman–Crippen LogP) is 3.02. The molecule has 1 aromatic carbocycles. The van der Waals surface area contributed by atoms with Crippen molar-refractivity contribution in [3.8, 4) is 5.75 Å². The molecule has 0 bridgehead atoms. The fourth-order valence-electron chi connectivity index (χ4n) is 1.64. The molecule has 2 heteroatoms. The third kappa shape index (κ3) is 1.02. The van der Waals surface area contributed by atoms with Gasteiger partial charge in [0.15, 0.2) is 11.3 Å². The number of benzene rings is 1. The maximum Gasteiger partial charge on any atom is 0.175 e. The summed E-state index contributed by atoms with van der Waals surface area (Å²) in [5.41, 5.74) is 0.629. The number of fused-ring (bicyclic) bond motifs is 1. The number of phenols is 1. The van der Waals surface area contributed by atoms with Gasteiger partial charge in [-0.25, -0.2) is 0 Å². The molecule has 3 rings (SSSR count). The Balaban J connectivity index is 2.26. The Hall–Kier alpha value is -1.44. The van der Waals surface area contributed by atoms with Gasteiger partial charge in [-0.2, -0.15) is 0 Å². The molecule has 1 aliphatic carbocycles. The molecule has 1 aromatic heterocycles. The highest BCUT2D eigenvalue weighted by molar-refractivity contribution is 5.83. The van der Waals surface area contributed by atoms with Crippen LogP contribution in [0.5, 0.6) is 5.75 Å². The Bertz CT molecular complexity index is 452. The third-order valence-electron chi connectivity index (χ3n) is 2.52. The molecule has 0 radical (unpaired) electrons. The fraction of sp³-hybridized carbons (Fsp3) is 0.273. The van der Waals surface area contributed by atoms with Gasteiger partial charge < -0.3 is 9.52 Å². The van der Waals surface area contributed by atoms with Gasteiger partial charge in [0.2, 0.25) is 0 Å². The van der Waals surface area contributed by atoms with Crippen LogP contribution in [0.15, 0.2) is 28.7 Å². The average molecular weight is 174 g/mol. The largest absolute Gasteiger partial charge is 0.504 e. The lowest BCUT2D eigenvalue weighted by molar-refractivity contribution is 0.458. The van der Waals surface area contributed by atoms with Gasteiger partial charge in [0.25, 0.3) is 0 Å². The summed E-state index contributed by atoms with van der Waals surface area (Å²) in [5.74, 6) is 1.87. The van der Waals surface area contributed by atoms with Crippen molar-refractivity contribution in [1.82, 2.24) is 0 Å². The molecule has 0 spiro atoms. The van der Waals surface area contributed by atoms with E-state index in [2.05, 4.69) is 0 Å². The van der Waals surface area contributed by atoms with Gasteiger partial charge in [-0.15, -0.1) is 0 Å². The van der Waals surface area contributed by atoms with Crippen LogP contribution in [0, 0.1) is 0 Å². The van der Waals surface area contributed by atoms with Crippen molar-refractivity contribution in [3.05, 3.63) is 30.0 Å². The lowest BCUT2D eigenvalue weighted by Gasteiger charge is -1.91. The third-order valence-corrected chi connectivity index (χ3v) is 2.52. The molecule has 13 heavy (non-hydrogen) atoms. The van der Waals surface area contributed by atoms with Crippen LogP contribution in [-0.4, -0.2) is 5.11 Å². The maximum absolute atomic E-state index is 9.49. The Morgan fingerprint density at radius 2 is 2.15 bits per heavy atom. The summed E-state index contributed by atoms with van der Waals surface area (Å²) in [6, 6.07) is 7.49. The molecule has 0 unspecified atom stereocenters. The van der Waals surface area contributed by atoms with Crippen molar-refractivity contribution >= 4 is 11.0 Å². The van der Waals surface area contributed by atoms with Crippen LogP contribution in [0.25, 0.3) is 11.0 Å². The van der Waals surface area contributed by atoms with E-state index in [9.17, 15) is 5.11 Å². The number of furan rings is 1. The van der Waals surface area contributed by atoms with E-state index in [4.69, 9.17) is 4.42 Å². The normalized spacial score (nSPS) is 16.6. The van der Waals surface area contributed by atoms with E-state index < -0.39 is 0 Å². The first-order valence-corrected chi connectivity index (χ1v) is 4.56. The van der Waals surface area contributed by atoms with Crippen molar-refractivity contribution in [2.24, 2.45) is 0 Å². The summed E-state index contributed by atoms with van der Waals surface area (Å²) < 4.78 is 5.57. The SMILES string of the molecule is Oc1cccc2cc(C3CC3)oc12. The summed E-state index contributed by atoms with van der Waals surface area (Å²) in [6.45, 7) is 0. The lowest BCUT2D eigenvalue weighted by atomic mass is 10.2. The number of hydrogen-bond acceptors (Lipinski definition) is 2. The smallest absolute Gasteiger partial charge is 0.175 e. The molecule has 2 nitrogen and oxygen atoms in total. The van der Waals surface area contributed by atoms with Gasteiger partial charge in [-0.3, -0.25) is 0 Å². The van der Waals surface area contributed by atoms with Crippen LogP contribution in [0.3, 0.4) is 0 Å². The van der Waals surface area contributed by atoms with E-state index in [0.717, 1.165) is 11.1 Å². The second-order valence-electron chi connectivity index (χ2n) is 3.62. The lowest BCUT2D eigenvalue weighted by Crippen LogP contribution is -1.67. The molecule has 66 valence electrons. The predicted molar refractivity (Wildman–Crippen MR) is 49.9 cm³/mol. The maximum atomic E-state index is 9.49. The molecule has 2 aromatic rings. The number of para-hydroxylation sites is 1.